The van der Waals surface area contributed by atoms with Crippen molar-refractivity contribution in [3.05, 3.63) is 53.1 Å². The Kier molecular flexibility index (Phi) is 8.75. The summed E-state index contributed by atoms with van der Waals surface area (Å²) in [5.41, 5.74) is 1.60. The summed E-state index contributed by atoms with van der Waals surface area (Å²) in [6, 6.07) is 6.09. The number of aryl methyl sites for hydroxylation is 1. The highest BCUT2D eigenvalue weighted by Gasteiger charge is 2.31. The molecule has 1 aromatic carbocycles. The number of pyridine rings is 1. The van der Waals surface area contributed by atoms with Crippen LogP contribution >= 0.6 is 0 Å². The number of hydrogen-bond donors (Lipinski definition) is 1. The van der Waals surface area contributed by atoms with Gasteiger partial charge in [0.2, 0.25) is 0 Å². The Hall–Kier alpha value is -2.96. The number of rotatable bonds is 10. The molecule has 0 saturated heterocycles. The van der Waals surface area contributed by atoms with E-state index < -0.39 is 23.8 Å². The van der Waals surface area contributed by atoms with Crippen LogP contribution in [0.4, 0.5) is 4.39 Å². The van der Waals surface area contributed by atoms with E-state index in [1.807, 2.05) is 13.8 Å². The van der Waals surface area contributed by atoms with Crippen molar-refractivity contribution in [2.75, 3.05) is 7.11 Å². The smallest absolute Gasteiger partial charge is 0.309 e. The van der Waals surface area contributed by atoms with Crippen molar-refractivity contribution in [2.45, 2.75) is 59.5 Å². The fourth-order valence-corrected chi connectivity index (χ4v) is 3.92. The third kappa shape index (κ3) is 5.84. The molecule has 0 aliphatic carbocycles. The maximum atomic E-state index is 13.6. The first-order chi connectivity index (χ1) is 15.1. The zero-order chi connectivity index (χ0) is 24.0. The van der Waals surface area contributed by atoms with E-state index >= 15 is 0 Å². The van der Waals surface area contributed by atoms with Crippen molar-refractivity contribution in [1.29, 1.82) is 0 Å². The molecule has 1 aromatic heterocycles. The lowest BCUT2D eigenvalue weighted by Crippen LogP contribution is -2.30. The van der Waals surface area contributed by atoms with Gasteiger partial charge in [0.15, 0.2) is 23.0 Å². The van der Waals surface area contributed by atoms with Crippen LogP contribution in [-0.4, -0.2) is 35.1 Å². The molecule has 0 radical (unpaired) electrons. The molecule has 4 atom stereocenters. The lowest BCUT2D eigenvalue weighted by molar-refractivity contribution is -0.154. The molecule has 1 N–H and O–H groups in total. The Bertz CT molecular complexity index is 961. The topological polar surface area (TPSA) is 85.7 Å². The highest BCUT2D eigenvalue weighted by atomic mass is 19.1. The second-order valence-corrected chi connectivity index (χ2v) is 8.29. The Morgan fingerprint density at radius 3 is 2.47 bits per heavy atom. The summed E-state index contributed by atoms with van der Waals surface area (Å²) in [7, 11) is 1.38. The molecular weight excluding hydrogens is 413 g/mol. The Balaban J connectivity index is 2.14. The lowest BCUT2D eigenvalue weighted by Gasteiger charge is -2.31. The third-order valence-electron chi connectivity index (χ3n) is 5.92. The SMILES string of the molecule is CCC(C)[C@@H](c1ccc(F)cc1C)[C@H](C)OC(=O)[C@H](C)CC(=O)c1nccc(OC)c1O. The molecule has 6 nitrogen and oxygen atoms in total. The van der Waals surface area contributed by atoms with E-state index in [1.165, 1.54) is 31.5 Å². The van der Waals surface area contributed by atoms with Crippen molar-refractivity contribution in [1.82, 2.24) is 4.98 Å². The van der Waals surface area contributed by atoms with Crippen molar-refractivity contribution in [2.24, 2.45) is 11.8 Å². The van der Waals surface area contributed by atoms with Crippen LogP contribution in [0.25, 0.3) is 0 Å². The van der Waals surface area contributed by atoms with E-state index in [1.54, 1.807) is 13.0 Å². The molecule has 7 heteroatoms. The zero-order valence-corrected chi connectivity index (χ0v) is 19.5. The fraction of sp³-hybridized carbons (Fsp3) is 0.480. The molecular formula is C25H32FNO5. The van der Waals surface area contributed by atoms with Crippen LogP contribution in [0.1, 0.15) is 68.1 Å². The molecule has 0 fully saturated rings. The highest BCUT2D eigenvalue weighted by Crippen LogP contribution is 2.35. The molecule has 1 unspecified atom stereocenters. The van der Waals surface area contributed by atoms with E-state index in [-0.39, 0.29) is 41.3 Å². The van der Waals surface area contributed by atoms with Gasteiger partial charge in [-0.15, -0.1) is 0 Å². The van der Waals surface area contributed by atoms with Crippen molar-refractivity contribution in [3.8, 4) is 11.5 Å². The first kappa shape index (κ1) is 25.3. The first-order valence-electron chi connectivity index (χ1n) is 10.8. The number of carbonyl (C=O) groups is 2. The van der Waals surface area contributed by atoms with Crippen molar-refractivity contribution in [3.63, 3.8) is 0 Å². The summed E-state index contributed by atoms with van der Waals surface area (Å²) in [5.74, 6) is -2.17. The molecule has 0 saturated carbocycles. The van der Waals surface area contributed by atoms with Crippen LogP contribution < -0.4 is 4.74 Å². The Labute approximate surface area is 188 Å². The van der Waals surface area contributed by atoms with Crippen molar-refractivity contribution >= 4 is 11.8 Å². The van der Waals surface area contributed by atoms with Gasteiger partial charge in [-0.25, -0.2) is 9.37 Å². The van der Waals surface area contributed by atoms with Crippen LogP contribution in [0.2, 0.25) is 0 Å². The van der Waals surface area contributed by atoms with Gasteiger partial charge in [-0.05, 0) is 43.0 Å². The number of methoxy groups -OCH3 is 1. The Morgan fingerprint density at radius 2 is 1.88 bits per heavy atom. The minimum atomic E-state index is -0.732. The number of carbonyl (C=O) groups excluding carboxylic acids is 2. The summed E-state index contributed by atoms with van der Waals surface area (Å²) in [6.07, 6.45) is 1.59. The molecule has 174 valence electrons. The minimum Gasteiger partial charge on any atom is -0.503 e. The molecule has 2 rings (SSSR count). The molecule has 0 spiro atoms. The molecule has 2 aromatic rings. The first-order valence-corrected chi connectivity index (χ1v) is 10.8. The molecule has 1 heterocycles. The number of halogens is 1. The van der Waals surface area contributed by atoms with Gasteiger partial charge in [0, 0.05) is 24.6 Å². The predicted molar refractivity (Wildman–Crippen MR) is 119 cm³/mol. The van der Waals surface area contributed by atoms with Gasteiger partial charge in [-0.1, -0.05) is 33.3 Å². The largest absolute Gasteiger partial charge is 0.503 e. The second kappa shape index (κ2) is 11.1. The summed E-state index contributed by atoms with van der Waals surface area (Å²) < 4.78 is 24.4. The molecule has 0 bridgehead atoms. The van der Waals surface area contributed by atoms with Crippen LogP contribution in [0.3, 0.4) is 0 Å². The average molecular weight is 446 g/mol. The van der Waals surface area contributed by atoms with E-state index in [0.29, 0.717) is 0 Å². The lowest BCUT2D eigenvalue weighted by atomic mass is 9.80. The number of aromatic hydroxyl groups is 1. The van der Waals surface area contributed by atoms with E-state index in [0.717, 1.165) is 17.5 Å². The van der Waals surface area contributed by atoms with E-state index in [2.05, 4.69) is 18.8 Å². The van der Waals surface area contributed by atoms with Crippen LogP contribution in [0, 0.1) is 24.6 Å². The van der Waals surface area contributed by atoms with Crippen LogP contribution in [0.15, 0.2) is 30.5 Å². The quantitative estimate of drug-likeness (QED) is 0.399. The maximum absolute atomic E-state index is 13.6. The number of ketones is 1. The summed E-state index contributed by atoms with van der Waals surface area (Å²) in [4.78, 5) is 29.3. The van der Waals surface area contributed by atoms with Gasteiger partial charge >= 0.3 is 5.97 Å². The number of esters is 1. The summed E-state index contributed by atoms with van der Waals surface area (Å²) in [5, 5.41) is 10.1. The number of hydrogen-bond acceptors (Lipinski definition) is 6. The number of Topliss-reactive ketones (excluding diaryl/α,β-unsaturated/α-hetero) is 1. The Morgan fingerprint density at radius 1 is 1.19 bits per heavy atom. The van der Waals surface area contributed by atoms with Crippen LogP contribution in [-0.2, 0) is 9.53 Å². The number of nitrogens with zero attached hydrogens (tertiary/aromatic N) is 1. The van der Waals surface area contributed by atoms with Gasteiger partial charge < -0.3 is 14.6 Å². The fourth-order valence-electron chi connectivity index (χ4n) is 3.92. The van der Waals surface area contributed by atoms with Gasteiger partial charge in [-0.3, -0.25) is 9.59 Å². The van der Waals surface area contributed by atoms with Gasteiger partial charge in [-0.2, -0.15) is 0 Å². The van der Waals surface area contributed by atoms with Gasteiger partial charge in [0.1, 0.15) is 11.9 Å². The van der Waals surface area contributed by atoms with Crippen LogP contribution in [0.5, 0.6) is 11.5 Å². The zero-order valence-electron chi connectivity index (χ0n) is 19.5. The third-order valence-corrected chi connectivity index (χ3v) is 5.92. The average Bonchev–Trinajstić information content (AvgIpc) is 2.75. The maximum Gasteiger partial charge on any atom is 0.309 e. The summed E-state index contributed by atoms with van der Waals surface area (Å²) >= 11 is 0. The summed E-state index contributed by atoms with van der Waals surface area (Å²) in [6.45, 7) is 9.40. The highest BCUT2D eigenvalue weighted by molar-refractivity contribution is 5.99. The number of ether oxygens (including phenoxy) is 2. The van der Waals surface area contributed by atoms with Gasteiger partial charge in [0.25, 0.3) is 0 Å². The molecule has 0 aliphatic heterocycles. The monoisotopic (exact) mass is 445 g/mol. The predicted octanol–water partition coefficient (Wildman–Crippen LogP) is 5.21. The molecule has 32 heavy (non-hydrogen) atoms. The standard InChI is InChI=1S/C25H32FNO5/c1-7-14(2)22(19-9-8-18(26)12-15(19)3)17(5)32-25(30)16(4)13-20(28)23-24(29)21(31-6)10-11-27-23/h8-12,14,16-17,22,29H,7,13H2,1-6H3/t14?,16-,17+,22-/m1/s1. The van der Waals surface area contributed by atoms with Crippen molar-refractivity contribution < 1.29 is 28.6 Å². The normalized spacial score (nSPS) is 14.8. The van der Waals surface area contributed by atoms with E-state index in [9.17, 15) is 19.1 Å². The van der Waals surface area contributed by atoms with E-state index in [4.69, 9.17) is 9.47 Å². The van der Waals surface area contributed by atoms with Gasteiger partial charge in [0.05, 0.1) is 13.0 Å². The number of aromatic nitrogens is 1. The molecule has 0 aliphatic rings. The number of benzene rings is 1. The minimum absolute atomic E-state index is 0.114. The second-order valence-electron chi connectivity index (χ2n) is 8.29. The molecule has 0 amide bonds.